The normalized spacial score (nSPS) is 11.8. The van der Waals surface area contributed by atoms with E-state index >= 15 is 0 Å². The van der Waals surface area contributed by atoms with Crippen LogP contribution in [0.4, 0.5) is 4.39 Å². The molecule has 11 nitrogen and oxygen atoms in total. The summed E-state index contributed by atoms with van der Waals surface area (Å²) in [7, 11) is 0. The van der Waals surface area contributed by atoms with Gasteiger partial charge in [0.25, 0.3) is 5.82 Å². The van der Waals surface area contributed by atoms with E-state index in [4.69, 9.17) is 16.3 Å². The molecule has 1 amide bonds. The number of benzene rings is 2. The molecule has 0 aliphatic rings. The second kappa shape index (κ2) is 11.3. The number of esters is 1. The predicted octanol–water partition coefficient (Wildman–Crippen LogP) is 2.21. The number of tetrazole rings is 1. The summed E-state index contributed by atoms with van der Waals surface area (Å²) in [5.74, 6) is -3.54. The lowest BCUT2D eigenvalue weighted by Crippen LogP contribution is -2.48. The summed E-state index contributed by atoms with van der Waals surface area (Å²) in [6, 6.07) is 10.9. The van der Waals surface area contributed by atoms with E-state index in [0.29, 0.717) is 21.7 Å². The van der Waals surface area contributed by atoms with Crippen LogP contribution in [-0.2, 0) is 20.9 Å². The van der Waals surface area contributed by atoms with Crippen LogP contribution in [0.3, 0.4) is 0 Å². The van der Waals surface area contributed by atoms with Gasteiger partial charge in [-0.25, -0.2) is 14.2 Å². The molecule has 1 atom stereocenters. The Hall–Kier alpha value is -3.90. The van der Waals surface area contributed by atoms with E-state index in [9.17, 15) is 23.9 Å². The number of carbonyl (C=O) groups is 3. The number of hydrogen-bond acceptors (Lipinski definition) is 8. The molecular formula is C21H20ClFN6O5. The van der Waals surface area contributed by atoms with Crippen LogP contribution < -0.4 is 5.43 Å². The van der Waals surface area contributed by atoms with Crippen LogP contribution in [0.5, 0.6) is 0 Å². The molecule has 3 aromatic rings. The maximum Gasteiger partial charge on any atom is 0.346 e. The van der Waals surface area contributed by atoms with Gasteiger partial charge in [-0.15, -0.1) is 10.2 Å². The molecule has 34 heavy (non-hydrogen) atoms. The predicted molar refractivity (Wildman–Crippen MR) is 117 cm³/mol. The lowest BCUT2D eigenvalue weighted by Gasteiger charge is -2.25. The molecular weight excluding hydrogens is 471 g/mol. The van der Waals surface area contributed by atoms with Crippen molar-refractivity contribution in [2.75, 3.05) is 6.54 Å². The van der Waals surface area contributed by atoms with E-state index in [1.165, 1.54) is 30.1 Å². The number of ether oxygens (including phenoxy) is 1. The van der Waals surface area contributed by atoms with Crippen molar-refractivity contribution in [1.29, 1.82) is 0 Å². The van der Waals surface area contributed by atoms with E-state index in [-0.39, 0.29) is 25.3 Å². The van der Waals surface area contributed by atoms with Gasteiger partial charge >= 0.3 is 17.8 Å². The van der Waals surface area contributed by atoms with Crippen molar-refractivity contribution in [2.24, 2.45) is 0 Å². The second-order valence-electron chi connectivity index (χ2n) is 7.05. The Kier molecular flexibility index (Phi) is 8.22. The van der Waals surface area contributed by atoms with Crippen molar-refractivity contribution in [3.05, 3.63) is 64.7 Å². The number of nitrogens with one attached hydrogen (secondary N) is 2. The number of hydrogen-bond donors (Lipinski definition) is 3. The number of hydrazine groups is 1. The number of amides is 1. The number of aliphatic carboxylic acids is 1. The molecule has 13 heteroatoms. The lowest BCUT2D eigenvalue weighted by atomic mass is 10.0. The van der Waals surface area contributed by atoms with Gasteiger partial charge in [-0.2, -0.15) is 5.21 Å². The smallest absolute Gasteiger partial charge is 0.346 e. The Labute approximate surface area is 197 Å². The van der Waals surface area contributed by atoms with Gasteiger partial charge in [0.2, 0.25) is 6.10 Å². The second-order valence-corrected chi connectivity index (χ2v) is 7.48. The first kappa shape index (κ1) is 24.7. The number of carboxylic acids is 1. The van der Waals surface area contributed by atoms with Crippen LogP contribution in [0.15, 0.2) is 42.5 Å². The highest BCUT2D eigenvalue weighted by atomic mass is 35.5. The molecule has 0 aliphatic heterocycles. The molecule has 0 fully saturated rings. The molecule has 3 rings (SSSR count). The fourth-order valence-corrected chi connectivity index (χ4v) is 3.11. The van der Waals surface area contributed by atoms with Crippen molar-refractivity contribution in [3.63, 3.8) is 0 Å². The van der Waals surface area contributed by atoms with Crippen LogP contribution in [-0.4, -0.2) is 61.2 Å². The summed E-state index contributed by atoms with van der Waals surface area (Å²) in [6.07, 6.45) is -1.56. The molecule has 178 valence electrons. The van der Waals surface area contributed by atoms with E-state index in [2.05, 4.69) is 26.0 Å². The number of aromatic nitrogens is 4. The Morgan fingerprint density at radius 3 is 2.59 bits per heavy atom. The Balaban J connectivity index is 1.80. The minimum Gasteiger partial charge on any atom is -0.478 e. The molecule has 0 saturated heterocycles. The van der Waals surface area contributed by atoms with Crippen LogP contribution in [0.1, 0.15) is 29.5 Å². The summed E-state index contributed by atoms with van der Waals surface area (Å²) < 4.78 is 19.1. The average molecular weight is 491 g/mol. The molecule has 1 aromatic heterocycles. The third-order valence-corrected chi connectivity index (χ3v) is 4.83. The zero-order chi connectivity index (χ0) is 24.7. The number of aromatic amines is 1. The summed E-state index contributed by atoms with van der Waals surface area (Å²) >= 11 is 5.96. The van der Waals surface area contributed by atoms with E-state index in [0.717, 1.165) is 0 Å². The summed E-state index contributed by atoms with van der Waals surface area (Å²) in [4.78, 5) is 35.6. The maximum absolute atomic E-state index is 14.2. The molecule has 3 N–H and O–H groups in total. The molecule has 0 aliphatic carbocycles. The van der Waals surface area contributed by atoms with Crippen molar-refractivity contribution < 1.29 is 28.6 Å². The highest BCUT2D eigenvalue weighted by Crippen LogP contribution is 2.26. The van der Waals surface area contributed by atoms with Crippen molar-refractivity contribution in [2.45, 2.75) is 26.0 Å². The number of halogens is 2. The molecule has 2 aromatic carbocycles. The SMILES string of the molecule is CCC(=O)OC(CN(Cc1ccc(-c2cc(Cl)ccc2F)cc1)NC(=O)c1nn[nH]n1)C(=O)O. The van der Waals surface area contributed by atoms with Gasteiger partial charge in [0.15, 0.2) is 0 Å². The third-order valence-electron chi connectivity index (χ3n) is 4.60. The van der Waals surface area contributed by atoms with Gasteiger partial charge in [0.1, 0.15) is 5.82 Å². The molecule has 0 spiro atoms. The first-order valence-electron chi connectivity index (χ1n) is 10.0. The zero-order valence-corrected chi connectivity index (χ0v) is 18.6. The highest BCUT2D eigenvalue weighted by Gasteiger charge is 2.27. The van der Waals surface area contributed by atoms with E-state index < -0.39 is 29.8 Å². The number of nitrogens with zero attached hydrogens (tertiary/aromatic N) is 4. The monoisotopic (exact) mass is 490 g/mol. The van der Waals surface area contributed by atoms with Crippen molar-refractivity contribution in [1.82, 2.24) is 31.1 Å². The van der Waals surface area contributed by atoms with Gasteiger partial charge < -0.3 is 9.84 Å². The minimum absolute atomic E-state index is 0.0134. The van der Waals surface area contributed by atoms with Gasteiger partial charge in [0.05, 0.1) is 6.54 Å². The largest absolute Gasteiger partial charge is 0.478 e. The van der Waals surface area contributed by atoms with Crippen LogP contribution in [0.25, 0.3) is 11.1 Å². The summed E-state index contributed by atoms with van der Waals surface area (Å²) in [5.41, 5.74) is 4.02. The number of H-pyrrole nitrogens is 1. The molecule has 1 unspecified atom stereocenters. The third kappa shape index (κ3) is 6.56. The number of rotatable bonds is 10. The number of carbonyl (C=O) groups excluding carboxylic acids is 2. The quantitative estimate of drug-likeness (QED) is 0.287. The molecule has 1 heterocycles. The first-order valence-corrected chi connectivity index (χ1v) is 10.4. The lowest BCUT2D eigenvalue weighted by molar-refractivity contribution is -0.165. The topological polar surface area (TPSA) is 150 Å². The average Bonchev–Trinajstić information content (AvgIpc) is 3.36. The van der Waals surface area contributed by atoms with E-state index in [1.807, 2.05) is 0 Å². The highest BCUT2D eigenvalue weighted by molar-refractivity contribution is 6.30. The van der Waals surface area contributed by atoms with E-state index in [1.54, 1.807) is 24.3 Å². The minimum atomic E-state index is -1.54. The maximum atomic E-state index is 14.2. The van der Waals surface area contributed by atoms with Crippen molar-refractivity contribution >= 4 is 29.4 Å². The van der Waals surface area contributed by atoms with Gasteiger partial charge in [-0.3, -0.25) is 15.0 Å². The van der Waals surface area contributed by atoms with Crippen LogP contribution in [0, 0.1) is 5.82 Å². The Morgan fingerprint density at radius 1 is 1.24 bits per heavy atom. The van der Waals surface area contributed by atoms with Crippen molar-refractivity contribution in [3.8, 4) is 11.1 Å². The molecule has 0 radical (unpaired) electrons. The molecule has 0 saturated carbocycles. The van der Waals surface area contributed by atoms with Gasteiger partial charge in [-0.05, 0) is 34.5 Å². The summed E-state index contributed by atoms with van der Waals surface area (Å²) in [6.45, 7) is 1.19. The zero-order valence-electron chi connectivity index (χ0n) is 17.9. The standard InChI is InChI=1S/C21H20ClFN6O5/c1-2-18(30)34-17(21(32)33)11-29(26-20(31)19-24-27-28-25-19)10-12-3-5-13(6-4-12)15-9-14(22)7-8-16(15)23/h3-9,17H,2,10-11H2,1H3,(H,26,31)(H,32,33)(H,24,25,27,28). The van der Waals surface area contributed by atoms with Gasteiger partial charge in [0, 0.05) is 23.6 Å². The fraction of sp³-hybridized carbons (Fsp3) is 0.238. The van der Waals surface area contributed by atoms with Crippen LogP contribution >= 0.6 is 11.6 Å². The summed E-state index contributed by atoms with van der Waals surface area (Å²) in [5, 5.41) is 23.7. The number of carboxylic acid groups (broad SMARTS) is 1. The Morgan fingerprint density at radius 2 is 1.97 bits per heavy atom. The molecule has 0 bridgehead atoms. The van der Waals surface area contributed by atoms with Gasteiger partial charge in [-0.1, -0.05) is 42.8 Å². The fourth-order valence-electron chi connectivity index (χ4n) is 2.94. The van der Waals surface area contributed by atoms with Crippen LogP contribution in [0.2, 0.25) is 5.02 Å². The first-order chi connectivity index (χ1) is 16.3. The Bertz CT molecular complexity index is 1160.